The molecule has 4 N–H and O–H groups in total. The van der Waals surface area contributed by atoms with Crippen molar-refractivity contribution in [3.63, 3.8) is 0 Å². The molecule has 2 amide bonds. The predicted octanol–water partition coefficient (Wildman–Crippen LogP) is 4.66. The van der Waals surface area contributed by atoms with Gasteiger partial charge in [-0.1, -0.05) is 18.2 Å². The van der Waals surface area contributed by atoms with Crippen LogP contribution in [0.25, 0.3) is 0 Å². The Bertz CT molecular complexity index is 1520. The lowest BCUT2D eigenvalue weighted by Crippen LogP contribution is -2.49. The summed E-state index contributed by atoms with van der Waals surface area (Å²) >= 11 is 0. The molecule has 1 aliphatic rings. The summed E-state index contributed by atoms with van der Waals surface area (Å²) in [7, 11) is 5.32. The lowest BCUT2D eigenvalue weighted by molar-refractivity contribution is -0.113. The van der Waals surface area contributed by atoms with Gasteiger partial charge in [0.15, 0.2) is 0 Å². The molecule has 0 aliphatic carbocycles. The first-order chi connectivity index (χ1) is 23.2. The lowest BCUT2D eigenvalue weighted by Gasteiger charge is -2.35. The number of amides is 2. The number of benzene rings is 3. The highest BCUT2D eigenvalue weighted by Gasteiger charge is 2.23. The summed E-state index contributed by atoms with van der Waals surface area (Å²) in [4.78, 5) is 44.8. The van der Waals surface area contributed by atoms with Crippen molar-refractivity contribution < 1.29 is 23.9 Å². The molecule has 1 atom stereocenters. The second kappa shape index (κ2) is 18.2. The Labute approximate surface area is 284 Å². The maximum absolute atomic E-state index is 13.7. The van der Waals surface area contributed by atoms with Gasteiger partial charge in [0.2, 0.25) is 0 Å². The van der Waals surface area contributed by atoms with E-state index in [0.717, 1.165) is 63.7 Å². The Morgan fingerprint density at radius 1 is 0.979 bits per heavy atom. The van der Waals surface area contributed by atoms with Gasteiger partial charge in [-0.2, -0.15) is 0 Å². The molecule has 0 radical (unpaired) electrons. The number of rotatable bonds is 17. The van der Waals surface area contributed by atoms with Crippen LogP contribution in [0.5, 0.6) is 11.5 Å². The van der Waals surface area contributed by atoms with E-state index in [1.165, 1.54) is 7.11 Å². The molecule has 0 aromatic heterocycles. The van der Waals surface area contributed by atoms with Crippen molar-refractivity contribution in [2.75, 3.05) is 82.6 Å². The number of hydrogen-bond donors (Lipinski definition) is 3. The molecule has 11 heteroatoms. The number of ether oxygens (including phenoxy) is 2. The minimum absolute atomic E-state index is 0.0621. The van der Waals surface area contributed by atoms with Gasteiger partial charge in [0.25, 0.3) is 11.8 Å². The van der Waals surface area contributed by atoms with E-state index < -0.39 is 0 Å². The Hall–Kier alpha value is -4.45. The first-order valence-electron chi connectivity index (χ1n) is 16.7. The fraction of sp³-hybridized carbons (Fsp3) is 0.432. The van der Waals surface area contributed by atoms with Gasteiger partial charge in [0, 0.05) is 51.0 Å². The summed E-state index contributed by atoms with van der Waals surface area (Å²) in [6.45, 7) is 7.44. The number of likely N-dealkylation sites (N-methyl/N-ethyl adjacent to an activating group) is 1. The van der Waals surface area contributed by atoms with Crippen molar-refractivity contribution in [3.05, 3.63) is 77.4 Å². The molecule has 1 saturated heterocycles. The van der Waals surface area contributed by atoms with Crippen LogP contribution >= 0.6 is 0 Å². The molecule has 0 saturated carbocycles. The number of nitrogens with two attached hydrogens (primary N) is 1. The normalized spacial score (nSPS) is 14.2. The number of para-hydroxylation sites is 1. The highest BCUT2D eigenvalue weighted by molar-refractivity contribution is 6.10. The Morgan fingerprint density at radius 2 is 1.75 bits per heavy atom. The molecule has 1 unspecified atom stereocenters. The molecule has 0 bridgehead atoms. The molecule has 3 aromatic rings. The first-order valence-corrected chi connectivity index (χ1v) is 16.7. The summed E-state index contributed by atoms with van der Waals surface area (Å²) in [6, 6.07) is 17.9. The van der Waals surface area contributed by atoms with Gasteiger partial charge in [-0.05, 0) is 94.2 Å². The quantitative estimate of drug-likeness (QED) is 0.140. The van der Waals surface area contributed by atoms with Crippen LogP contribution in [0.15, 0.2) is 60.7 Å². The molecule has 1 fully saturated rings. The van der Waals surface area contributed by atoms with Gasteiger partial charge in [-0.3, -0.25) is 14.5 Å². The van der Waals surface area contributed by atoms with Gasteiger partial charge < -0.3 is 40.4 Å². The monoisotopic (exact) mass is 658 g/mol. The van der Waals surface area contributed by atoms with Crippen LogP contribution in [0.1, 0.15) is 52.0 Å². The molecule has 0 spiro atoms. The zero-order valence-electron chi connectivity index (χ0n) is 28.7. The van der Waals surface area contributed by atoms with Crippen LogP contribution in [0, 0.1) is 6.92 Å². The van der Waals surface area contributed by atoms with E-state index in [-0.39, 0.29) is 17.9 Å². The van der Waals surface area contributed by atoms with Gasteiger partial charge in [-0.15, -0.1) is 0 Å². The molecular formula is C37H50N6O5. The van der Waals surface area contributed by atoms with Crippen molar-refractivity contribution in [2.24, 2.45) is 5.73 Å². The number of aldehydes is 1. The maximum atomic E-state index is 13.7. The molecule has 11 nitrogen and oxygen atoms in total. The van der Waals surface area contributed by atoms with Crippen LogP contribution in [-0.2, 0) is 4.79 Å². The van der Waals surface area contributed by atoms with Gasteiger partial charge in [-0.25, -0.2) is 0 Å². The molecule has 258 valence electrons. The van der Waals surface area contributed by atoms with E-state index in [0.29, 0.717) is 59.4 Å². The summed E-state index contributed by atoms with van der Waals surface area (Å²) in [5.41, 5.74) is 9.31. The predicted molar refractivity (Wildman–Crippen MR) is 192 cm³/mol. The third-order valence-electron chi connectivity index (χ3n) is 8.66. The zero-order valence-corrected chi connectivity index (χ0v) is 28.7. The average molecular weight is 659 g/mol. The standard InChI is InChI=1S/C37H50N6O5/c1-27-13-16-33(35(24-27)48-23-8-7-10-29(26-44)43-21-19-41(2)20-22-43)42(3)37(46)28-14-15-32(34(25-28)47-4)40-36(45)30-11-5-6-12-31(30)39-18-9-17-38/h5-6,11-16,24-26,29,39H,7-10,17-23,38H2,1-4H3,(H,40,45). The highest BCUT2D eigenvalue weighted by Crippen LogP contribution is 2.32. The SMILES string of the molecule is COc1cc(C(=O)N(C)c2ccc(C)cc2OCCCCC(C=O)N2CCN(C)CC2)ccc1NC(=O)c1ccccc1NCCCN. The number of hydrogen-bond acceptors (Lipinski definition) is 9. The van der Waals surface area contributed by atoms with Crippen LogP contribution in [-0.4, -0.2) is 101 Å². The fourth-order valence-electron chi connectivity index (χ4n) is 5.72. The van der Waals surface area contributed by atoms with E-state index in [4.69, 9.17) is 15.2 Å². The number of piperazine rings is 1. The number of unbranched alkanes of at least 4 members (excludes halogenated alkanes) is 1. The van der Waals surface area contributed by atoms with Gasteiger partial charge in [0.05, 0.1) is 36.7 Å². The van der Waals surface area contributed by atoms with E-state index in [1.54, 1.807) is 42.3 Å². The van der Waals surface area contributed by atoms with Crippen LogP contribution in [0.4, 0.5) is 17.1 Å². The van der Waals surface area contributed by atoms with Crippen LogP contribution < -0.4 is 30.7 Å². The minimum atomic E-state index is -0.303. The second-order valence-electron chi connectivity index (χ2n) is 12.2. The minimum Gasteiger partial charge on any atom is -0.495 e. The highest BCUT2D eigenvalue weighted by atomic mass is 16.5. The molecule has 1 aliphatic heterocycles. The smallest absolute Gasteiger partial charge is 0.258 e. The van der Waals surface area contributed by atoms with Crippen LogP contribution in [0.2, 0.25) is 0 Å². The summed E-state index contributed by atoms with van der Waals surface area (Å²) in [5, 5.41) is 6.18. The number of aryl methyl sites for hydroxylation is 1. The number of anilines is 3. The second-order valence-corrected chi connectivity index (χ2v) is 12.2. The zero-order chi connectivity index (χ0) is 34.5. The van der Waals surface area contributed by atoms with Crippen molar-refractivity contribution in [1.82, 2.24) is 9.80 Å². The van der Waals surface area contributed by atoms with E-state index in [9.17, 15) is 14.4 Å². The van der Waals surface area contributed by atoms with E-state index in [2.05, 4.69) is 27.5 Å². The first kappa shape index (κ1) is 36.4. The molecular weight excluding hydrogens is 608 g/mol. The number of carbonyl (C=O) groups is 3. The number of carbonyl (C=O) groups excluding carboxylic acids is 3. The lowest BCUT2D eigenvalue weighted by atomic mass is 10.1. The topological polar surface area (TPSA) is 129 Å². The van der Waals surface area contributed by atoms with Crippen molar-refractivity contribution >= 4 is 35.2 Å². The summed E-state index contributed by atoms with van der Waals surface area (Å²) < 4.78 is 11.8. The maximum Gasteiger partial charge on any atom is 0.258 e. The van der Waals surface area contributed by atoms with Crippen molar-refractivity contribution in [1.29, 1.82) is 0 Å². The number of nitrogens with one attached hydrogen (secondary N) is 2. The van der Waals surface area contributed by atoms with E-state index in [1.807, 2.05) is 37.3 Å². The number of methoxy groups -OCH3 is 1. The average Bonchev–Trinajstić information content (AvgIpc) is 3.10. The third kappa shape index (κ3) is 9.79. The molecule has 4 rings (SSSR count). The Morgan fingerprint density at radius 3 is 2.48 bits per heavy atom. The van der Waals surface area contributed by atoms with Crippen molar-refractivity contribution in [3.8, 4) is 11.5 Å². The Balaban J connectivity index is 1.38. The molecule has 3 aromatic carbocycles. The number of nitrogens with zero attached hydrogens (tertiary/aromatic N) is 3. The summed E-state index contributed by atoms with van der Waals surface area (Å²) in [6.07, 6.45) is 4.31. The largest absolute Gasteiger partial charge is 0.495 e. The Kier molecular flexibility index (Phi) is 13.8. The third-order valence-corrected chi connectivity index (χ3v) is 8.66. The van der Waals surface area contributed by atoms with Gasteiger partial charge in [0.1, 0.15) is 17.8 Å². The van der Waals surface area contributed by atoms with Crippen molar-refractivity contribution in [2.45, 2.75) is 38.6 Å². The molecule has 1 heterocycles. The van der Waals surface area contributed by atoms with E-state index >= 15 is 0 Å². The molecule has 48 heavy (non-hydrogen) atoms. The fourth-order valence-corrected chi connectivity index (χ4v) is 5.72. The summed E-state index contributed by atoms with van der Waals surface area (Å²) in [5.74, 6) is 0.423. The van der Waals surface area contributed by atoms with Crippen LogP contribution in [0.3, 0.4) is 0 Å². The van der Waals surface area contributed by atoms with Gasteiger partial charge >= 0.3 is 0 Å².